The molecule has 120 valence electrons. The largest absolute Gasteiger partial charge is 0.257 e. The highest BCUT2D eigenvalue weighted by atomic mass is 35.5. The summed E-state index contributed by atoms with van der Waals surface area (Å²) in [6, 6.07) is 11.8. The maximum absolute atomic E-state index is 6.23. The van der Waals surface area contributed by atoms with Gasteiger partial charge in [-0.2, -0.15) is 0 Å². The monoisotopic (exact) mass is 390 g/mol. The van der Waals surface area contributed by atoms with Crippen LogP contribution in [0.15, 0.2) is 52.3 Å². The molecule has 0 aliphatic carbocycles. The van der Waals surface area contributed by atoms with Crippen molar-refractivity contribution in [2.24, 2.45) is 0 Å². The molecule has 1 aromatic carbocycles. The molecule has 0 spiro atoms. The lowest BCUT2D eigenvalue weighted by Crippen LogP contribution is -1.84. The van der Waals surface area contributed by atoms with Crippen LogP contribution in [0.4, 0.5) is 0 Å². The summed E-state index contributed by atoms with van der Waals surface area (Å²) >= 11 is 11.0. The Hall–Kier alpha value is -1.67. The Morgan fingerprint density at radius 2 is 2.00 bits per heavy atom. The molecule has 4 aromatic rings. The minimum Gasteiger partial charge on any atom is -0.257 e. The lowest BCUT2D eigenvalue weighted by atomic mass is 10.2. The van der Waals surface area contributed by atoms with E-state index in [-0.39, 0.29) is 0 Å². The van der Waals surface area contributed by atoms with Crippen molar-refractivity contribution in [1.82, 2.24) is 20.2 Å². The number of benzene rings is 1. The summed E-state index contributed by atoms with van der Waals surface area (Å²) in [6.45, 7) is 0. The highest BCUT2D eigenvalue weighted by molar-refractivity contribution is 7.98. The van der Waals surface area contributed by atoms with Gasteiger partial charge in [-0.1, -0.05) is 47.6 Å². The Labute approximate surface area is 156 Å². The molecule has 0 aliphatic rings. The van der Waals surface area contributed by atoms with Crippen LogP contribution in [0.2, 0.25) is 5.02 Å². The summed E-state index contributed by atoms with van der Waals surface area (Å²) < 4.78 is 0. The van der Waals surface area contributed by atoms with Crippen LogP contribution < -0.4 is 0 Å². The van der Waals surface area contributed by atoms with Gasteiger partial charge in [0.2, 0.25) is 5.16 Å². The molecular formula is C16H11ClN4S3. The summed E-state index contributed by atoms with van der Waals surface area (Å²) in [7, 11) is 0. The number of nitrogens with one attached hydrogen (secondary N) is 1. The third-order valence-corrected chi connectivity index (χ3v) is 6.24. The number of hydrogen-bond acceptors (Lipinski definition) is 6. The van der Waals surface area contributed by atoms with Crippen LogP contribution in [-0.4, -0.2) is 20.2 Å². The molecule has 24 heavy (non-hydrogen) atoms. The van der Waals surface area contributed by atoms with Crippen molar-refractivity contribution >= 4 is 46.0 Å². The van der Waals surface area contributed by atoms with E-state index in [0.29, 0.717) is 0 Å². The normalized spacial score (nSPS) is 11.0. The highest BCUT2D eigenvalue weighted by Crippen LogP contribution is 2.31. The summed E-state index contributed by atoms with van der Waals surface area (Å²) in [4.78, 5) is 10.3. The van der Waals surface area contributed by atoms with Crippen LogP contribution >= 0.6 is 46.0 Å². The lowest BCUT2D eigenvalue weighted by Gasteiger charge is -1.98. The Kier molecular flexibility index (Phi) is 4.66. The van der Waals surface area contributed by atoms with Gasteiger partial charge in [-0.3, -0.25) is 5.10 Å². The van der Waals surface area contributed by atoms with Gasteiger partial charge in [-0.05, 0) is 17.5 Å². The first-order chi connectivity index (χ1) is 11.8. The number of H-pyrrole nitrogens is 1. The minimum atomic E-state index is 0.723. The number of thioether (sulfide) groups is 1. The van der Waals surface area contributed by atoms with E-state index >= 15 is 0 Å². The molecule has 4 rings (SSSR count). The van der Waals surface area contributed by atoms with Gasteiger partial charge < -0.3 is 0 Å². The fourth-order valence-corrected chi connectivity index (χ4v) is 4.70. The molecular weight excluding hydrogens is 380 g/mol. The van der Waals surface area contributed by atoms with Crippen molar-refractivity contribution in [3.05, 3.63) is 57.9 Å². The van der Waals surface area contributed by atoms with Crippen molar-refractivity contribution < 1.29 is 0 Å². The van der Waals surface area contributed by atoms with Gasteiger partial charge in [-0.25, -0.2) is 9.97 Å². The number of hydrogen-bond donors (Lipinski definition) is 1. The van der Waals surface area contributed by atoms with Gasteiger partial charge in [0, 0.05) is 16.7 Å². The SMILES string of the molecule is Clc1ccccc1-c1nc(CSc2n[nH]c(-c3cccs3)n2)cs1. The molecule has 0 radical (unpaired) electrons. The third kappa shape index (κ3) is 3.39. The van der Waals surface area contributed by atoms with Gasteiger partial charge in [0.15, 0.2) is 5.82 Å². The second kappa shape index (κ2) is 7.06. The second-order valence-corrected chi connectivity index (χ2v) is 8.01. The van der Waals surface area contributed by atoms with Crippen LogP contribution in [-0.2, 0) is 5.75 Å². The summed E-state index contributed by atoms with van der Waals surface area (Å²) in [5.74, 6) is 1.53. The van der Waals surface area contributed by atoms with Crippen molar-refractivity contribution in [3.8, 4) is 21.3 Å². The second-order valence-electron chi connectivity index (χ2n) is 4.86. The predicted octanol–water partition coefficient (Wildman–Crippen LogP) is 5.60. The van der Waals surface area contributed by atoms with Crippen LogP contribution in [0.3, 0.4) is 0 Å². The average molecular weight is 391 g/mol. The molecule has 3 aromatic heterocycles. The van der Waals surface area contributed by atoms with Crippen LogP contribution in [0.1, 0.15) is 5.69 Å². The van der Waals surface area contributed by atoms with Crippen molar-refractivity contribution in [1.29, 1.82) is 0 Å². The topological polar surface area (TPSA) is 54.5 Å². The van der Waals surface area contributed by atoms with E-state index in [4.69, 9.17) is 11.6 Å². The van der Waals surface area contributed by atoms with Crippen molar-refractivity contribution in [3.63, 3.8) is 0 Å². The Morgan fingerprint density at radius 1 is 1.08 bits per heavy atom. The molecule has 4 nitrogen and oxygen atoms in total. The molecule has 0 fully saturated rings. The quantitative estimate of drug-likeness (QED) is 0.450. The number of thiazole rings is 1. The first-order valence-electron chi connectivity index (χ1n) is 7.08. The predicted molar refractivity (Wildman–Crippen MR) is 102 cm³/mol. The number of halogens is 1. The molecule has 0 saturated carbocycles. The first kappa shape index (κ1) is 15.8. The fraction of sp³-hybridized carbons (Fsp3) is 0.0625. The van der Waals surface area contributed by atoms with E-state index in [1.165, 1.54) is 0 Å². The maximum Gasteiger partial charge on any atom is 0.209 e. The Balaban J connectivity index is 1.45. The zero-order valence-electron chi connectivity index (χ0n) is 12.3. The van der Waals surface area contributed by atoms with Gasteiger partial charge in [0.1, 0.15) is 5.01 Å². The van der Waals surface area contributed by atoms with Crippen molar-refractivity contribution in [2.75, 3.05) is 0 Å². The average Bonchev–Trinajstić information content (AvgIpc) is 3.34. The maximum atomic E-state index is 6.23. The zero-order valence-corrected chi connectivity index (χ0v) is 15.5. The molecule has 0 unspecified atom stereocenters. The van der Waals surface area contributed by atoms with Gasteiger partial charge in [0.25, 0.3) is 0 Å². The molecule has 8 heteroatoms. The number of aromatic amines is 1. The fourth-order valence-electron chi connectivity index (χ4n) is 2.10. The third-order valence-electron chi connectivity index (χ3n) is 3.22. The summed E-state index contributed by atoms with van der Waals surface area (Å²) in [6.07, 6.45) is 0. The van der Waals surface area contributed by atoms with E-state index in [2.05, 4.69) is 25.5 Å². The summed E-state index contributed by atoms with van der Waals surface area (Å²) in [5.41, 5.74) is 1.97. The Bertz CT molecular complexity index is 946. The van der Waals surface area contributed by atoms with E-state index in [0.717, 1.165) is 42.9 Å². The molecule has 0 aliphatic heterocycles. The number of nitrogens with zero attached hydrogens (tertiary/aromatic N) is 3. The molecule has 0 atom stereocenters. The molecule has 3 heterocycles. The van der Waals surface area contributed by atoms with Gasteiger partial charge in [0.05, 0.1) is 15.6 Å². The number of rotatable bonds is 5. The molecule has 0 saturated heterocycles. The first-order valence-corrected chi connectivity index (χ1v) is 10.2. The van der Waals surface area contributed by atoms with E-state index < -0.39 is 0 Å². The standard InChI is InChI=1S/C16H11ClN4S3/c17-12-5-2-1-4-11(12)15-18-10(8-23-15)9-24-16-19-14(20-21-16)13-6-3-7-22-13/h1-8H,9H2,(H,19,20,21). The van der Waals surface area contributed by atoms with Crippen molar-refractivity contribution in [2.45, 2.75) is 10.9 Å². The van der Waals surface area contributed by atoms with Crippen LogP contribution in [0.5, 0.6) is 0 Å². The smallest absolute Gasteiger partial charge is 0.209 e. The molecule has 0 bridgehead atoms. The molecule has 1 N–H and O–H groups in total. The minimum absolute atomic E-state index is 0.723. The lowest BCUT2D eigenvalue weighted by molar-refractivity contribution is 0.972. The van der Waals surface area contributed by atoms with Crippen LogP contribution in [0.25, 0.3) is 21.3 Å². The number of thiophene rings is 1. The summed E-state index contributed by atoms with van der Waals surface area (Å²) in [5, 5.41) is 13.7. The van der Waals surface area contributed by atoms with Gasteiger partial charge in [-0.15, -0.1) is 27.8 Å². The highest BCUT2D eigenvalue weighted by Gasteiger charge is 2.11. The molecule has 0 amide bonds. The Morgan fingerprint density at radius 3 is 2.83 bits per heavy atom. The van der Waals surface area contributed by atoms with E-state index in [1.54, 1.807) is 34.4 Å². The number of aromatic nitrogens is 4. The van der Waals surface area contributed by atoms with E-state index in [1.807, 2.05) is 41.8 Å². The zero-order chi connectivity index (χ0) is 16.4. The van der Waals surface area contributed by atoms with Crippen LogP contribution in [0, 0.1) is 0 Å². The van der Waals surface area contributed by atoms with Gasteiger partial charge >= 0.3 is 0 Å². The van der Waals surface area contributed by atoms with E-state index in [9.17, 15) is 0 Å².